The number of ether oxygens (including phenoxy) is 1. The molecule has 20 heavy (non-hydrogen) atoms. The first-order chi connectivity index (χ1) is 9.58. The molecule has 0 aliphatic carbocycles. The molecule has 2 fully saturated rings. The van der Waals surface area contributed by atoms with Crippen LogP contribution in [0.4, 0.5) is 0 Å². The SMILES string of the molecule is CC(C)(CNC(=O)CC1CSCCN1)N1CCOCC1. The van der Waals surface area contributed by atoms with Gasteiger partial charge in [-0.1, -0.05) is 0 Å². The van der Waals surface area contributed by atoms with Crippen molar-refractivity contribution in [1.29, 1.82) is 0 Å². The maximum Gasteiger partial charge on any atom is 0.221 e. The van der Waals surface area contributed by atoms with E-state index in [0.29, 0.717) is 19.0 Å². The van der Waals surface area contributed by atoms with E-state index in [9.17, 15) is 4.79 Å². The van der Waals surface area contributed by atoms with E-state index < -0.39 is 0 Å². The molecule has 2 aliphatic rings. The molecule has 0 saturated carbocycles. The van der Waals surface area contributed by atoms with Gasteiger partial charge in [-0.05, 0) is 13.8 Å². The maximum absolute atomic E-state index is 12.0. The minimum absolute atomic E-state index is 0.00577. The number of carbonyl (C=O) groups is 1. The lowest BCUT2D eigenvalue weighted by atomic mass is 10.0. The van der Waals surface area contributed by atoms with E-state index in [2.05, 4.69) is 29.4 Å². The Bertz CT molecular complexity index is 314. The fourth-order valence-electron chi connectivity index (χ4n) is 2.64. The molecule has 0 aromatic heterocycles. The third-order valence-corrected chi connectivity index (χ3v) is 5.15. The van der Waals surface area contributed by atoms with E-state index in [1.54, 1.807) is 0 Å². The zero-order valence-corrected chi connectivity index (χ0v) is 13.4. The van der Waals surface area contributed by atoms with Crippen LogP contribution in [-0.4, -0.2) is 73.3 Å². The van der Waals surface area contributed by atoms with Crippen molar-refractivity contribution in [3.63, 3.8) is 0 Å². The fourth-order valence-corrected chi connectivity index (χ4v) is 3.59. The van der Waals surface area contributed by atoms with E-state index >= 15 is 0 Å². The van der Waals surface area contributed by atoms with Gasteiger partial charge in [-0.25, -0.2) is 0 Å². The van der Waals surface area contributed by atoms with E-state index in [0.717, 1.165) is 44.4 Å². The van der Waals surface area contributed by atoms with E-state index in [4.69, 9.17) is 4.74 Å². The molecule has 1 amide bonds. The number of nitrogens with one attached hydrogen (secondary N) is 2. The molecule has 6 heteroatoms. The Labute approximate surface area is 126 Å². The smallest absolute Gasteiger partial charge is 0.221 e. The summed E-state index contributed by atoms with van der Waals surface area (Å²) in [5.74, 6) is 2.36. The number of hydrogen-bond acceptors (Lipinski definition) is 5. The van der Waals surface area contributed by atoms with E-state index in [-0.39, 0.29) is 11.4 Å². The molecule has 5 nitrogen and oxygen atoms in total. The summed E-state index contributed by atoms with van der Waals surface area (Å²) in [6.07, 6.45) is 0.589. The van der Waals surface area contributed by atoms with Crippen molar-refractivity contribution in [1.82, 2.24) is 15.5 Å². The van der Waals surface area contributed by atoms with Crippen LogP contribution in [0.3, 0.4) is 0 Å². The molecular formula is C14H27N3O2S. The van der Waals surface area contributed by atoms with Gasteiger partial charge in [-0.15, -0.1) is 0 Å². The molecule has 116 valence electrons. The van der Waals surface area contributed by atoms with Crippen LogP contribution < -0.4 is 10.6 Å². The highest BCUT2D eigenvalue weighted by Crippen LogP contribution is 2.15. The molecule has 2 N–H and O–H groups in total. The molecular weight excluding hydrogens is 274 g/mol. The quantitative estimate of drug-likeness (QED) is 0.765. The number of thioether (sulfide) groups is 1. The van der Waals surface area contributed by atoms with Gasteiger partial charge in [0.25, 0.3) is 0 Å². The molecule has 2 heterocycles. The first-order valence-electron chi connectivity index (χ1n) is 7.48. The normalized spacial score (nSPS) is 25.4. The zero-order valence-electron chi connectivity index (χ0n) is 12.6. The third-order valence-electron chi connectivity index (χ3n) is 4.02. The van der Waals surface area contributed by atoms with Crippen molar-refractivity contribution < 1.29 is 9.53 Å². The highest BCUT2D eigenvalue weighted by atomic mass is 32.2. The molecule has 1 atom stereocenters. The van der Waals surface area contributed by atoms with Crippen molar-refractivity contribution in [3.05, 3.63) is 0 Å². The summed E-state index contributed by atoms with van der Waals surface area (Å²) < 4.78 is 5.38. The second-order valence-corrected chi connectivity index (χ2v) is 7.27. The summed E-state index contributed by atoms with van der Waals surface area (Å²) in [7, 11) is 0. The summed E-state index contributed by atoms with van der Waals surface area (Å²) in [4.78, 5) is 14.4. The van der Waals surface area contributed by atoms with E-state index in [1.807, 2.05) is 11.8 Å². The number of amides is 1. The van der Waals surface area contributed by atoms with Crippen molar-refractivity contribution >= 4 is 17.7 Å². The highest BCUT2D eigenvalue weighted by molar-refractivity contribution is 7.99. The minimum atomic E-state index is -0.00577. The predicted octanol–water partition coefficient (Wildman–Crippen LogP) is 0.309. The first-order valence-corrected chi connectivity index (χ1v) is 8.64. The van der Waals surface area contributed by atoms with Crippen LogP contribution in [0, 0.1) is 0 Å². The fraction of sp³-hybridized carbons (Fsp3) is 0.929. The van der Waals surface area contributed by atoms with Gasteiger partial charge in [0, 0.05) is 55.7 Å². The second-order valence-electron chi connectivity index (χ2n) is 6.12. The summed E-state index contributed by atoms with van der Waals surface area (Å²) >= 11 is 1.93. The van der Waals surface area contributed by atoms with Gasteiger partial charge in [-0.3, -0.25) is 9.69 Å². The Morgan fingerprint density at radius 1 is 1.45 bits per heavy atom. The molecule has 0 radical (unpaired) electrons. The van der Waals surface area contributed by atoms with Crippen LogP contribution in [0.5, 0.6) is 0 Å². The number of carbonyl (C=O) groups excluding carboxylic acids is 1. The monoisotopic (exact) mass is 301 g/mol. The topological polar surface area (TPSA) is 53.6 Å². The average Bonchev–Trinajstić information content (AvgIpc) is 2.47. The van der Waals surface area contributed by atoms with Gasteiger partial charge >= 0.3 is 0 Å². The van der Waals surface area contributed by atoms with Gasteiger partial charge in [0.15, 0.2) is 0 Å². The van der Waals surface area contributed by atoms with Crippen molar-refractivity contribution in [2.45, 2.75) is 31.8 Å². The summed E-state index contributed by atoms with van der Waals surface area (Å²) in [5, 5.41) is 6.50. The maximum atomic E-state index is 12.0. The summed E-state index contributed by atoms with van der Waals surface area (Å²) in [6.45, 7) is 9.57. The van der Waals surface area contributed by atoms with Crippen molar-refractivity contribution in [2.75, 3.05) is 50.9 Å². The van der Waals surface area contributed by atoms with Gasteiger partial charge in [0.05, 0.1) is 13.2 Å². The lowest BCUT2D eigenvalue weighted by Crippen LogP contribution is -2.55. The van der Waals surface area contributed by atoms with Crippen molar-refractivity contribution in [3.8, 4) is 0 Å². The van der Waals surface area contributed by atoms with Crippen molar-refractivity contribution in [2.24, 2.45) is 0 Å². The zero-order chi connectivity index (χ0) is 14.4. The van der Waals surface area contributed by atoms with Gasteiger partial charge in [0.1, 0.15) is 0 Å². The Morgan fingerprint density at radius 2 is 2.20 bits per heavy atom. The highest BCUT2D eigenvalue weighted by Gasteiger charge is 2.28. The molecule has 0 bridgehead atoms. The molecule has 2 saturated heterocycles. The first kappa shape index (κ1) is 16.1. The predicted molar refractivity (Wildman–Crippen MR) is 83.2 cm³/mol. The molecule has 0 aromatic carbocycles. The van der Waals surface area contributed by atoms with E-state index in [1.165, 1.54) is 0 Å². The van der Waals surface area contributed by atoms with Crippen LogP contribution in [0.1, 0.15) is 20.3 Å². The molecule has 2 rings (SSSR count). The Hall–Kier alpha value is -0.300. The van der Waals surface area contributed by atoms with Crippen LogP contribution in [0.15, 0.2) is 0 Å². The lowest BCUT2D eigenvalue weighted by Gasteiger charge is -2.41. The lowest BCUT2D eigenvalue weighted by molar-refractivity contribution is -0.122. The largest absolute Gasteiger partial charge is 0.379 e. The van der Waals surface area contributed by atoms with Crippen LogP contribution >= 0.6 is 11.8 Å². The summed E-state index contributed by atoms with van der Waals surface area (Å²) in [5.41, 5.74) is -0.00577. The summed E-state index contributed by atoms with van der Waals surface area (Å²) in [6, 6.07) is 0.334. The van der Waals surface area contributed by atoms with Gasteiger partial charge in [0.2, 0.25) is 5.91 Å². The number of morpholine rings is 1. The third kappa shape index (κ3) is 4.91. The van der Waals surface area contributed by atoms with Crippen LogP contribution in [0.25, 0.3) is 0 Å². The van der Waals surface area contributed by atoms with Crippen LogP contribution in [0.2, 0.25) is 0 Å². The van der Waals surface area contributed by atoms with Gasteiger partial charge < -0.3 is 15.4 Å². The van der Waals surface area contributed by atoms with Gasteiger partial charge in [-0.2, -0.15) is 11.8 Å². The minimum Gasteiger partial charge on any atom is -0.379 e. The second kappa shape index (κ2) is 7.64. The van der Waals surface area contributed by atoms with Crippen LogP contribution in [-0.2, 0) is 9.53 Å². The number of hydrogen-bond donors (Lipinski definition) is 2. The molecule has 0 aromatic rings. The Kier molecular flexibility index (Phi) is 6.14. The number of nitrogens with zero attached hydrogens (tertiary/aromatic N) is 1. The standard InChI is InChI=1S/C14H27N3O2S/c1-14(2,17-4-6-19-7-5-17)11-16-13(18)9-12-10-20-8-3-15-12/h12,15H,3-11H2,1-2H3,(H,16,18). The Morgan fingerprint density at radius 3 is 2.85 bits per heavy atom. The molecule has 2 aliphatic heterocycles. The number of rotatable bonds is 5. The Balaban J connectivity index is 1.70. The average molecular weight is 301 g/mol. The molecule has 1 unspecified atom stereocenters. The molecule has 0 spiro atoms.